The van der Waals surface area contributed by atoms with E-state index < -0.39 is 11.7 Å². The Bertz CT molecular complexity index is 1360. The molecule has 0 radical (unpaired) electrons. The third-order valence-electron chi connectivity index (χ3n) is 7.37. The van der Waals surface area contributed by atoms with E-state index in [2.05, 4.69) is 33.1 Å². The maximum atomic E-state index is 13.3. The van der Waals surface area contributed by atoms with Gasteiger partial charge in [0.2, 0.25) is 5.91 Å². The number of nitrogens with one attached hydrogen (secondary N) is 1. The summed E-state index contributed by atoms with van der Waals surface area (Å²) in [4.78, 5) is 15.5. The maximum Gasteiger partial charge on any atom is 0.416 e. The highest BCUT2D eigenvalue weighted by molar-refractivity contribution is 5.87. The zero-order valence-corrected chi connectivity index (χ0v) is 22.5. The summed E-state index contributed by atoms with van der Waals surface area (Å²) in [5.74, 6) is -0.486. The topological polar surface area (TPSA) is 37.3 Å². The van der Waals surface area contributed by atoms with Crippen molar-refractivity contribution in [1.29, 1.82) is 0 Å². The lowest BCUT2D eigenvalue weighted by molar-refractivity contribution is -0.137. The van der Waals surface area contributed by atoms with Gasteiger partial charge in [-0.1, -0.05) is 60.7 Å². The quantitative estimate of drug-likeness (QED) is 0.245. The predicted octanol–water partition coefficient (Wildman–Crippen LogP) is 6.86. The van der Waals surface area contributed by atoms with Crippen LogP contribution in [0.5, 0.6) is 0 Å². The third-order valence-corrected chi connectivity index (χ3v) is 7.37. The minimum Gasteiger partial charge on any atom is -0.355 e. The van der Waals surface area contributed by atoms with E-state index in [-0.39, 0.29) is 30.7 Å². The molecule has 1 amide bonds. The fraction of sp³-hybridized carbons (Fsp3) is 0.323. The smallest absolute Gasteiger partial charge is 0.355 e. The monoisotopic (exact) mass is 555 g/mol. The van der Waals surface area contributed by atoms with Crippen LogP contribution in [0.2, 0.25) is 0 Å². The number of nitrogens with zero attached hydrogens (tertiary/aromatic N) is 2. The van der Waals surface area contributed by atoms with E-state index in [9.17, 15) is 18.0 Å². The molecule has 4 nitrogen and oxygen atoms in total. The van der Waals surface area contributed by atoms with Crippen molar-refractivity contribution in [2.75, 3.05) is 26.2 Å². The Balaban J connectivity index is 0.00000353. The van der Waals surface area contributed by atoms with E-state index >= 15 is 0 Å². The second-order valence-electron chi connectivity index (χ2n) is 9.99. The molecule has 1 aliphatic rings. The lowest BCUT2D eigenvalue weighted by Gasteiger charge is -2.19. The number of likely N-dealkylation sites (tertiary alicyclic amines) is 1. The number of carbonyl (C=O) groups excluding carboxylic acids is 1. The minimum atomic E-state index is -4.41. The van der Waals surface area contributed by atoms with Gasteiger partial charge >= 0.3 is 6.18 Å². The van der Waals surface area contributed by atoms with Crippen LogP contribution in [-0.4, -0.2) is 41.6 Å². The molecule has 0 spiro atoms. The lowest BCUT2D eigenvalue weighted by Crippen LogP contribution is -2.34. The van der Waals surface area contributed by atoms with Gasteiger partial charge in [0, 0.05) is 49.1 Å². The van der Waals surface area contributed by atoms with Crippen LogP contribution >= 0.6 is 12.4 Å². The van der Waals surface area contributed by atoms with Crippen molar-refractivity contribution in [3.8, 4) is 0 Å². The van der Waals surface area contributed by atoms with Crippen LogP contribution in [0, 0.1) is 0 Å². The molecule has 39 heavy (non-hydrogen) atoms. The summed E-state index contributed by atoms with van der Waals surface area (Å²) in [6.45, 7) is 4.15. The van der Waals surface area contributed by atoms with Gasteiger partial charge < -0.3 is 14.8 Å². The molecule has 0 bridgehead atoms. The minimum absolute atomic E-state index is 0. The first-order valence-corrected chi connectivity index (χ1v) is 13.2. The first-order chi connectivity index (χ1) is 18.4. The average molecular weight is 556 g/mol. The number of amides is 1. The van der Waals surface area contributed by atoms with Crippen LogP contribution in [0.4, 0.5) is 13.2 Å². The van der Waals surface area contributed by atoms with Crippen LogP contribution in [0.3, 0.4) is 0 Å². The highest BCUT2D eigenvalue weighted by Gasteiger charge is 2.31. The van der Waals surface area contributed by atoms with E-state index in [0.717, 1.165) is 53.8 Å². The van der Waals surface area contributed by atoms with Gasteiger partial charge in [-0.3, -0.25) is 4.79 Å². The molecular weight excluding hydrogens is 523 g/mol. The molecule has 2 heterocycles. The summed E-state index contributed by atoms with van der Waals surface area (Å²) in [6.07, 6.45) is 0.183. The number of aromatic nitrogens is 1. The van der Waals surface area contributed by atoms with Gasteiger partial charge in [0.1, 0.15) is 0 Å². The molecule has 1 saturated heterocycles. The Kier molecular flexibility index (Phi) is 9.36. The SMILES string of the molecule is Cl.O=C(CC(c1ccc(C(F)(F)F)cc1)c1cn(Cc2ccccc2)c2ccccc12)NCCN1CCCC1. The summed E-state index contributed by atoms with van der Waals surface area (Å²) in [5.41, 5.74) is 3.10. The number of alkyl halides is 3. The molecule has 0 aliphatic carbocycles. The van der Waals surface area contributed by atoms with Gasteiger partial charge in [-0.15, -0.1) is 12.4 Å². The van der Waals surface area contributed by atoms with Crippen molar-refractivity contribution >= 4 is 29.2 Å². The van der Waals surface area contributed by atoms with Crippen molar-refractivity contribution in [1.82, 2.24) is 14.8 Å². The molecule has 1 aliphatic heterocycles. The van der Waals surface area contributed by atoms with E-state index in [1.54, 1.807) is 0 Å². The van der Waals surface area contributed by atoms with Crippen LogP contribution in [0.15, 0.2) is 85.1 Å². The molecule has 5 rings (SSSR count). The molecule has 1 N–H and O–H groups in total. The van der Waals surface area contributed by atoms with Crippen LogP contribution in [-0.2, 0) is 17.5 Å². The number of benzene rings is 3. The van der Waals surface area contributed by atoms with Gasteiger partial charge in [0.05, 0.1) is 5.56 Å². The molecule has 1 atom stereocenters. The van der Waals surface area contributed by atoms with E-state index in [1.165, 1.54) is 25.0 Å². The molecule has 8 heteroatoms. The Labute approximate surface area is 233 Å². The van der Waals surface area contributed by atoms with Crippen molar-refractivity contribution in [3.63, 3.8) is 0 Å². The van der Waals surface area contributed by atoms with Crippen molar-refractivity contribution in [2.24, 2.45) is 0 Å². The fourth-order valence-electron chi connectivity index (χ4n) is 5.39. The number of hydrogen-bond acceptors (Lipinski definition) is 2. The molecule has 4 aromatic rings. The molecule has 0 saturated carbocycles. The molecule has 1 fully saturated rings. The molecule has 206 valence electrons. The maximum absolute atomic E-state index is 13.3. The Morgan fingerprint density at radius 1 is 0.897 bits per heavy atom. The van der Waals surface area contributed by atoms with Crippen LogP contribution < -0.4 is 5.32 Å². The van der Waals surface area contributed by atoms with Gasteiger partial charge in [-0.2, -0.15) is 13.2 Å². The van der Waals surface area contributed by atoms with Crippen LogP contribution in [0.25, 0.3) is 10.9 Å². The predicted molar refractivity (Wildman–Crippen MR) is 151 cm³/mol. The fourth-order valence-corrected chi connectivity index (χ4v) is 5.39. The van der Waals surface area contributed by atoms with E-state index in [0.29, 0.717) is 18.7 Å². The summed E-state index contributed by atoms with van der Waals surface area (Å²) < 4.78 is 42.0. The standard InChI is InChI=1S/C31H32F3N3O.ClH/c32-31(33,34)25-14-12-24(13-15-25)27(20-30(38)35-16-19-36-17-6-7-18-36)28-22-37(21-23-8-2-1-3-9-23)29-11-5-4-10-26(28)29;/h1-5,8-15,22,27H,6-7,16-21H2,(H,35,38);1H. The second kappa shape index (κ2) is 12.7. The zero-order valence-electron chi connectivity index (χ0n) is 21.7. The summed E-state index contributed by atoms with van der Waals surface area (Å²) in [5, 5.41) is 4.04. The average Bonchev–Trinajstić information content (AvgIpc) is 3.56. The first-order valence-electron chi connectivity index (χ1n) is 13.2. The van der Waals surface area contributed by atoms with E-state index in [1.807, 2.05) is 42.5 Å². The molecule has 1 aromatic heterocycles. The number of rotatable bonds is 9. The number of hydrogen-bond donors (Lipinski definition) is 1. The Hall–Kier alpha value is -3.29. The van der Waals surface area contributed by atoms with Gasteiger partial charge in [-0.05, 0) is 60.8 Å². The zero-order chi connectivity index (χ0) is 26.5. The van der Waals surface area contributed by atoms with E-state index in [4.69, 9.17) is 0 Å². The first kappa shape index (κ1) is 28.7. The Morgan fingerprint density at radius 3 is 2.26 bits per heavy atom. The summed E-state index contributed by atoms with van der Waals surface area (Å²) >= 11 is 0. The number of para-hydroxylation sites is 1. The van der Waals surface area contributed by atoms with Gasteiger partial charge in [0.25, 0.3) is 0 Å². The number of halogens is 4. The highest BCUT2D eigenvalue weighted by Crippen LogP contribution is 2.37. The van der Waals surface area contributed by atoms with Crippen molar-refractivity contribution in [2.45, 2.75) is 37.9 Å². The number of fused-ring (bicyclic) bond motifs is 1. The summed E-state index contributed by atoms with van der Waals surface area (Å²) in [7, 11) is 0. The highest BCUT2D eigenvalue weighted by atomic mass is 35.5. The Morgan fingerprint density at radius 2 is 1.56 bits per heavy atom. The summed E-state index contributed by atoms with van der Waals surface area (Å²) in [6, 6.07) is 23.3. The second-order valence-corrected chi connectivity index (χ2v) is 9.99. The third kappa shape index (κ3) is 7.02. The molecular formula is C31H33ClF3N3O. The largest absolute Gasteiger partial charge is 0.416 e. The van der Waals surface area contributed by atoms with Gasteiger partial charge in [0.15, 0.2) is 0 Å². The van der Waals surface area contributed by atoms with Crippen molar-refractivity contribution in [3.05, 3.63) is 107 Å². The van der Waals surface area contributed by atoms with Crippen LogP contribution in [0.1, 0.15) is 47.4 Å². The number of carbonyl (C=O) groups is 1. The molecule has 1 unspecified atom stereocenters. The molecule has 3 aromatic carbocycles. The lowest BCUT2D eigenvalue weighted by atomic mass is 9.87. The van der Waals surface area contributed by atoms with Gasteiger partial charge in [-0.25, -0.2) is 0 Å². The normalized spacial score (nSPS) is 14.7. The van der Waals surface area contributed by atoms with Crippen molar-refractivity contribution < 1.29 is 18.0 Å².